The Bertz CT molecular complexity index is 931. The number of Topliss-reactive ketones (excluding diaryl/α,β-unsaturated/α-hetero) is 1. The summed E-state index contributed by atoms with van der Waals surface area (Å²) in [5.41, 5.74) is 0.498. The van der Waals surface area contributed by atoms with Gasteiger partial charge in [0.1, 0.15) is 5.78 Å². The summed E-state index contributed by atoms with van der Waals surface area (Å²) < 4.78 is 26.9. The molecule has 38 heavy (non-hydrogen) atoms. The van der Waals surface area contributed by atoms with Gasteiger partial charge in [-0.05, 0) is 129 Å². The molecule has 4 saturated carbocycles. The van der Waals surface area contributed by atoms with E-state index in [-0.39, 0.29) is 16.1 Å². The van der Waals surface area contributed by atoms with Crippen molar-refractivity contribution in [1.82, 2.24) is 5.32 Å². The van der Waals surface area contributed by atoms with E-state index in [0.29, 0.717) is 60.2 Å². The predicted molar refractivity (Wildman–Crippen MR) is 159 cm³/mol. The van der Waals surface area contributed by atoms with Crippen molar-refractivity contribution >= 4 is 15.6 Å². The molecule has 4 aliphatic carbocycles. The maximum Gasteiger partial charge on any atom is 0.150 e. The number of fused-ring (bicyclic) bond motifs is 5. The monoisotopic (exact) mass is 549 g/mol. The van der Waals surface area contributed by atoms with Gasteiger partial charge in [-0.25, -0.2) is 8.42 Å². The number of carbonyl (C=O) groups excluding carboxylic acids is 1. The van der Waals surface area contributed by atoms with Gasteiger partial charge >= 0.3 is 0 Å². The fourth-order valence-corrected chi connectivity index (χ4v) is 11.9. The van der Waals surface area contributed by atoms with Gasteiger partial charge in [-0.3, -0.25) is 4.79 Å². The summed E-state index contributed by atoms with van der Waals surface area (Å²) in [5.74, 6) is 4.18. The van der Waals surface area contributed by atoms with Crippen molar-refractivity contribution < 1.29 is 13.2 Å². The van der Waals surface area contributed by atoms with Crippen molar-refractivity contribution in [3.63, 3.8) is 0 Å². The maximum atomic E-state index is 13.4. The first-order valence-electron chi connectivity index (χ1n) is 16.2. The van der Waals surface area contributed by atoms with Crippen LogP contribution in [0.2, 0.25) is 0 Å². The molecule has 0 radical (unpaired) electrons. The summed E-state index contributed by atoms with van der Waals surface area (Å²) in [6, 6.07) is 0.549. The quantitative estimate of drug-likeness (QED) is 0.272. The van der Waals surface area contributed by atoms with Crippen molar-refractivity contribution in [3.8, 4) is 0 Å². The molecule has 5 heteroatoms. The largest absolute Gasteiger partial charge is 0.314 e. The van der Waals surface area contributed by atoms with Crippen LogP contribution >= 0.6 is 0 Å². The van der Waals surface area contributed by atoms with Crippen molar-refractivity contribution in [3.05, 3.63) is 0 Å². The zero-order chi connectivity index (χ0) is 27.9. The highest BCUT2D eigenvalue weighted by atomic mass is 32.2. The van der Waals surface area contributed by atoms with E-state index in [1.807, 2.05) is 6.92 Å². The van der Waals surface area contributed by atoms with Crippen LogP contribution in [0.3, 0.4) is 0 Å². The average Bonchev–Trinajstić information content (AvgIpc) is 3.21. The Morgan fingerprint density at radius 3 is 2.29 bits per heavy atom. The van der Waals surface area contributed by atoms with Gasteiger partial charge in [-0.2, -0.15) is 0 Å². The summed E-state index contributed by atoms with van der Waals surface area (Å²) in [6.07, 6.45) is 15.7. The smallest absolute Gasteiger partial charge is 0.150 e. The van der Waals surface area contributed by atoms with E-state index in [4.69, 9.17) is 0 Å². The molecule has 10 atom stereocenters. The highest BCUT2D eigenvalue weighted by Crippen LogP contribution is 2.69. The molecule has 0 aromatic rings. The topological polar surface area (TPSA) is 63.2 Å². The van der Waals surface area contributed by atoms with Crippen LogP contribution in [0.4, 0.5) is 0 Å². The zero-order valence-electron chi connectivity index (χ0n) is 25.7. The molecule has 0 bridgehead atoms. The van der Waals surface area contributed by atoms with E-state index in [9.17, 15) is 13.2 Å². The highest BCUT2D eigenvalue weighted by Gasteiger charge is 2.64. The molecule has 4 nitrogen and oxygen atoms in total. The normalized spacial score (nSPS) is 41.8. The predicted octanol–water partition coefficient (Wildman–Crippen LogP) is 7.46. The molecule has 0 saturated heterocycles. The molecule has 0 amide bonds. The molecular weight excluding hydrogens is 490 g/mol. The van der Waals surface area contributed by atoms with E-state index >= 15 is 0 Å². The molecule has 4 fully saturated rings. The minimum Gasteiger partial charge on any atom is -0.314 e. The fourth-order valence-electron chi connectivity index (χ4n) is 10.4. The molecule has 1 N–H and O–H groups in total. The Kier molecular flexibility index (Phi) is 9.50. The van der Waals surface area contributed by atoms with Gasteiger partial charge < -0.3 is 5.32 Å². The van der Waals surface area contributed by atoms with E-state index < -0.39 is 9.84 Å². The van der Waals surface area contributed by atoms with E-state index in [2.05, 4.69) is 39.9 Å². The molecule has 0 aromatic carbocycles. The van der Waals surface area contributed by atoms with Crippen LogP contribution < -0.4 is 5.32 Å². The second kappa shape index (κ2) is 11.8. The van der Waals surface area contributed by atoms with Crippen LogP contribution in [-0.2, 0) is 14.6 Å². The Hall–Kier alpha value is -0.420. The van der Waals surface area contributed by atoms with E-state index in [1.54, 1.807) is 6.26 Å². The summed E-state index contributed by atoms with van der Waals surface area (Å²) in [6.45, 7) is 15.1. The second-order valence-corrected chi connectivity index (χ2v) is 17.5. The zero-order valence-corrected chi connectivity index (χ0v) is 26.5. The Morgan fingerprint density at radius 1 is 0.947 bits per heavy atom. The fraction of sp³-hybridized carbons (Fsp3) is 0.970. The molecule has 0 spiro atoms. The summed E-state index contributed by atoms with van der Waals surface area (Å²) in [5, 5.41) is 3.69. The van der Waals surface area contributed by atoms with Gasteiger partial charge in [0.15, 0.2) is 9.84 Å². The Balaban J connectivity index is 1.52. The molecule has 4 unspecified atom stereocenters. The number of hydrogen-bond acceptors (Lipinski definition) is 4. The standard InChI is InChI=1S/C33H59NO3S/c1-8-26(35)12-11-23(4)27-13-14-28-31-29(16-18-33(27,28)6)32(5)17-15-25(34-19-9-10-22(2)3)20-24(32)21-30(31)38(7,36)37/h22-25,27-31,34H,8-21H2,1-7H3/t23-,24-,25+,27-,28?,29?,30?,31?,32+,33-/m1/s1. The summed E-state index contributed by atoms with van der Waals surface area (Å²) in [4.78, 5) is 12.1. The third-order valence-corrected chi connectivity index (χ3v) is 14.2. The van der Waals surface area contributed by atoms with Gasteiger partial charge in [0.25, 0.3) is 0 Å². The SMILES string of the molecule is CCC(=O)CC[C@@H](C)[C@H]1CCC2C3C(CC[C@@]21C)[C@@]1(C)CC[C@H](NCCCC(C)C)C[C@@H]1CC3S(C)(=O)=O. The lowest BCUT2D eigenvalue weighted by Crippen LogP contribution is -2.60. The third-order valence-electron chi connectivity index (χ3n) is 12.6. The number of ketones is 1. The summed E-state index contributed by atoms with van der Waals surface area (Å²) in [7, 11) is -3.11. The van der Waals surface area contributed by atoms with Crippen LogP contribution in [0, 0.1) is 52.3 Å². The molecule has 0 aliphatic heterocycles. The Labute approximate surface area is 235 Å². The van der Waals surface area contributed by atoms with Crippen molar-refractivity contribution in [2.24, 2.45) is 52.3 Å². The minimum absolute atomic E-state index is 0.175. The van der Waals surface area contributed by atoms with Crippen LogP contribution in [0.25, 0.3) is 0 Å². The maximum absolute atomic E-state index is 13.4. The van der Waals surface area contributed by atoms with Gasteiger partial charge in [0, 0.05) is 25.1 Å². The number of nitrogens with one attached hydrogen (secondary N) is 1. The molecule has 4 aliphatic rings. The van der Waals surface area contributed by atoms with Crippen LogP contribution in [0.1, 0.15) is 125 Å². The average molecular weight is 550 g/mol. The van der Waals surface area contributed by atoms with Gasteiger partial charge in [0.05, 0.1) is 5.25 Å². The second-order valence-electron chi connectivity index (χ2n) is 15.2. The lowest BCUT2D eigenvalue weighted by molar-refractivity contribution is -0.120. The van der Waals surface area contributed by atoms with Crippen molar-refractivity contribution in [1.29, 1.82) is 0 Å². The van der Waals surface area contributed by atoms with Gasteiger partial charge in [0.2, 0.25) is 0 Å². The molecule has 0 heterocycles. The van der Waals surface area contributed by atoms with E-state index in [1.165, 1.54) is 51.4 Å². The first-order valence-corrected chi connectivity index (χ1v) is 18.2. The van der Waals surface area contributed by atoms with Crippen LogP contribution in [0.15, 0.2) is 0 Å². The lowest BCUT2D eigenvalue weighted by Gasteiger charge is -2.63. The van der Waals surface area contributed by atoms with Gasteiger partial charge in [-0.15, -0.1) is 0 Å². The van der Waals surface area contributed by atoms with E-state index in [0.717, 1.165) is 31.7 Å². The third kappa shape index (κ3) is 5.95. The van der Waals surface area contributed by atoms with Crippen molar-refractivity contribution in [2.75, 3.05) is 12.8 Å². The van der Waals surface area contributed by atoms with Crippen LogP contribution in [-0.4, -0.2) is 38.3 Å². The Morgan fingerprint density at radius 2 is 1.63 bits per heavy atom. The lowest BCUT2D eigenvalue weighted by atomic mass is 9.44. The number of hydrogen-bond donors (Lipinski definition) is 1. The minimum atomic E-state index is -3.11. The van der Waals surface area contributed by atoms with Gasteiger partial charge in [-0.1, -0.05) is 41.5 Å². The first-order chi connectivity index (χ1) is 17.8. The number of carbonyl (C=O) groups is 1. The van der Waals surface area contributed by atoms with Crippen molar-refractivity contribution in [2.45, 2.75) is 136 Å². The summed E-state index contributed by atoms with van der Waals surface area (Å²) >= 11 is 0. The number of sulfone groups is 1. The van der Waals surface area contributed by atoms with Crippen LogP contribution in [0.5, 0.6) is 0 Å². The molecule has 220 valence electrons. The molecule has 0 aromatic heterocycles. The first kappa shape index (κ1) is 30.5. The number of rotatable bonds is 11. The molecule has 4 rings (SSSR count). The highest BCUT2D eigenvalue weighted by molar-refractivity contribution is 7.91. The molecular formula is C33H59NO3S.